The van der Waals surface area contributed by atoms with E-state index in [9.17, 15) is 23.3 Å². The lowest BCUT2D eigenvalue weighted by Crippen LogP contribution is -2.50. The standard InChI is InChI=1S/C20H23ClN4O6S/c1-31-17-5-2-15(3-6-17)23-9-11-24(12-10-23)32(29,30)13-8-22-20(26)18-14-16(25(27)28)4-7-19(18)21/h2-7,14H,8-13H2,1H3,(H,22,26). The normalized spacial score (nSPS) is 14.8. The molecule has 1 saturated heterocycles. The van der Waals surface area contributed by atoms with Gasteiger partial charge >= 0.3 is 0 Å². The molecule has 0 aromatic heterocycles. The summed E-state index contributed by atoms with van der Waals surface area (Å²) in [5.41, 5.74) is 0.636. The number of nitrogens with one attached hydrogen (secondary N) is 1. The Morgan fingerprint density at radius 1 is 1.16 bits per heavy atom. The molecule has 3 rings (SSSR count). The molecule has 0 unspecified atom stereocenters. The minimum absolute atomic E-state index is 0.0469. The number of hydrogen-bond acceptors (Lipinski definition) is 7. The lowest BCUT2D eigenvalue weighted by molar-refractivity contribution is -0.384. The summed E-state index contributed by atoms with van der Waals surface area (Å²) in [4.78, 5) is 24.7. The van der Waals surface area contributed by atoms with Gasteiger partial charge in [0, 0.05) is 50.5 Å². The fourth-order valence-electron chi connectivity index (χ4n) is 3.34. The van der Waals surface area contributed by atoms with E-state index in [1.165, 1.54) is 16.4 Å². The average molecular weight is 483 g/mol. The minimum atomic E-state index is -3.58. The first-order valence-corrected chi connectivity index (χ1v) is 11.8. The molecule has 1 fully saturated rings. The minimum Gasteiger partial charge on any atom is -0.497 e. The van der Waals surface area contributed by atoms with E-state index in [1.807, 2.05) is 24.3 Å². The van der Waals surface area contributed by atoms with Gasteiger partial charge in [-0.1, -0.05) is 11.6 Å². The number of nitrogens with zero attached hydrogens (tertiary/aromatic N) is 3. The number of rotatable bonds is 8. The Morgan fingerprint density at radius 2 is 1.81 bits per heavy atom. The highest BCUT2D eigenvalue weighted by atomic mass is 35.5. The molecule has 2 aromatic rings. The molecule has 0 radical (unpaired) electrons. The zero-order valence-electron chi connectivity index (χ0n) is 17.4. The molecule has 10 nitrogen and oxygen atoms in total. The van der Waals surface area contributed by atoms with Crippen LogP contribution in [0.25, 0.3) is 0 Å². The van der Waals surface area contributed by atoms with Gasteiger partial charge in [0.25, 0.3) is 11.6 Å². The summed E-state index contributed by atoms with van der Waals surface area (Å²) in [6.07, 6.45) is 0. The predicted molar refractivity (Wildman–Crippen MR) is 121 cm³/mol. The number of non-ortho nitro benzene ring substituents is 1. The quantitative estimate of drug-likeness (QED) is 0.451. The molecule has 1 N–H and O–H groups in total. The summed E-state index contributed by atoms with van der Waals surface area (Å²) in [7, 11) is -1.98. The van der Waals surface area contributed by atoms with Gasteiger partial charge in [-0.25, -0.2) is 8.42 Å². The average Bonchev–Trinajstić information content (AvgIpc) is 2.79. The van der Waals surface area contributed by atoms with E-state index < -0.39 is 20.9 Å². The van der Waals surface area contributed by atoms with Crippen molar-refractivity contribution in [3.8, 4) is 5.75 Å². The molecule has 1 heterocycles. The third-order valence-electron chi connectivity index (χ3n) is 5.12. The van der Waals surface area contributed by atoms with Gasteiger partial charge in [0.05, 0.1) is 28.4 Å². The third-order valence-corrected chi connectivity index (χ3v) is 7.32. The monoisotopic (exact) mass is 482 g/mol. The van der Waals surface area contributed by atoms with Crippen LogP contribution in [0.5, 0.6) is 5.75 Å². The van der Waals surface area contributed by atoms with E-state index in [4.69, 9.17) is 16.3 Å². The predicted octanol–water partition coefficient (Wildman–Crippen LogP) is 2.14. The van der Waals surface area contributed by atoms with Crippen LogP contribution in [-0.2, 0) is 10.0 Å². The van der Waals surface area contributed by atoms with Crippen LogP contribution in [0, 0.1) is 10.1 Å². The number of sulfonamides is 1. The highest BCUT2D eigenvalue weighted by molar-refractivity contribution is 7.89. The van der Waals surface area contributed by atoms with E-state index in [0.717, 1.165) is 17.5 Å². The van der Waals surface area contributed by atoms with Gasteiger partial charge in [-0.2, -0.15) is 4.31 Å². The molecule has 32 heavy (non-hydrogen) atoms. The highest BCUT2D eigenvalue weighted by Crippen LogP contribution is 2.23. The third kappa shape index (κ3) is 5.67. The second kappa shape index (κ2) is 10.2. The Hall–Kier alpha value is -2.89. The number of hydrogen-bond donors (Lipinski definition) is 1. The number of ether oxygens (including phenoxy) is 1. The summed E-state index contributed by atoms with van der Waals surface area (Å²) in [5.74, 6) is -0.199. The lowest BCUT2D eigenvalue weighted by atomic mass is 10.2. The number of carbonyl (C=O) groups is 1. The number of carbonyl (C=O) groups excluding carboxylic acids is 1. The van der Waals surface area contributed by atoms with E-state index in [0.29, 0.717) is 26.2 Å². The van der Waals surface area contributed by atoms with Crippen LogP contribution >= 0.6 is 11.6 Å². The maximum atomic E-state index is 12.7. The number of anilines is 1. The highest BCUT2D eigenvalue weighted by Gasteiger charge is 2.27. The van der Waals surface area contributed by atoms with Gasteiger partial charge in [0.2, 0.25) is 10.0 Å². The maximum absolute atomic E-state index is 12.7. The van der Waals surface area contributed by atoms with Crippen molar-refractivity contribution in [2.24, 2.45) is 0 Å². The van der Waals surface area contributed by atoms with Gasteiger partial charge < -0.3 is 15.0 Å². The SMILES string of the molecule is COc1ccc(N2CCN(S(=O)(=O)CCNC(=O)c3cc([N+](=O)[O-])ccc3Cl)CC2)cc1. The van der Waals surface area contributed by atoms with E-state index >= 15 is 0 Å². The molecule has 0 aliphatic carbocycles. The van der Waals surface area contributed by atoms with Crippen LogP contribution in [0.3, 0.4) is 0 Å². The number of amides is 1. The summed E-state index contributed by atoms with van der Waals surface area (Å²) < 4.78 is 31.9. The Labute approximate surface area is 190 Å². The molecule has 172 valence electrons. The van der Waals surface area contributed by atoms with Crippen molar-refractivity contribution in [3.63, 3.8) is 0 Å². The summed E-state index contributed by atoms with van der Waals surface area (Å²) >= 11 is 5.95. The maximum Gasteiger partial charge on any atom is 0.270 e. The Kier molecular flexibility index (Phi) is 7.54. The Balaban J connectivity index is 1.52. The zero-order chi connectivity index (χ0) is 23.3. The molecule has 0 spiro atoms. The van der Waals surface area contributed by atoms with Gasteiger partial charge in [-0.3, -0.25) is 14.9 Å². The smallest absolute Gasteiger partial charge is 0.270 e. The molecular weight excluding hydrogens is 460 g/mol. The number of nitro groups is 1. The van der Waals surface area contributed by atoms with Crippen molar-refractivity contribution in [2.75, 3.05) is 50.5 Å². The first-order chi connectivity index (χ1) is 15.2. The van der Waals surface area contributed by atoms with Crippen molar-refractivity contribution in [1.29, 1.82) is 0 Å². The van der Waals surface area contributed by atoms with E-state index in [2.05, 4.69) is 10.2 Å². The van der Waals surface area contributed by atoms with Crippen LogP contribution in [0.1, 0.15) is 10.4 Å². The van der Waals surface area contributed by atoms with Crippen LogP contribution in [0.2, 0.25) is 5.02 Å². The Bertz CT molecular complexity index is 1090. The molecule has 1 aliphatic heterocycles. The van der Waals surface area contributed by atoms with Crippen LogP contribution in [0.15, 0.2) is 42.5 Å². The molecule has 12 heteroatoms. The molecule has 1 amide bonds. The van der Waals surface area contributed by atoms with Gasteiger partial charge in [0.1, 0.15) is 5.75 Å². The topological polar surface area (TPSA) is 122 Å². The van der Waals surface area contributed by atoms with Crippen molar-refractivity contribution in [2.45, 2.75) is 0 Å². The Morgan fingerprint density at radius 3 is 2.41 bits per heavy atom. The van der Waals surface area contributed by atoms with Crippen LogP contribution in [-0.4, -0.2) is 69.1 Å². The van der Waals surface area contributed by atoms with Crippen molar-refractivity contribution < 1.29 is 22.9 Å². The number of methoxy groups -OCH3 is 1. The number of piperazine rings is 1. The molecule has 1 aliphatic rings. The van der Waals surface area contributed by atoms with Crippen molar-refractivity contribution >= 4 is 38.9 Å². The number of halogens is 1. The van der Waals surface area contributed by atoms with Crippen molar-refractivity contribution in [1.82, 2.24) is 9.62 Å². The fraction of sp³-hybridized carbons (Fsp3) is 0.350. The van der Waals surface area contributed by atoms with E-state index in [1.54, 1.807) is 7.11 Å². The number of benzene rings is 2. The van der Waals surface area contributed by atoms with Gasteiger partial charge in [0.15, 0.2) is 0 Å². The summed E-state index contributed by atoms with van der Waals surface area (Å²) in [5, 5.41) is 13.4. The molecular formula is C20H23ClN4O6S. The fourth-order valence-corrected chi connectivity index (χ4v) is 4.88. The van der Waals surface area contributed by atoms with Crippen LogP contribution in [0.4, 0.5) is 11.4 Å². The molecule has 2 aromatic carbocycles. The first kappa shape index (κ1) is 23.8. The zero-order valence-corrected chi connectivity index (χ0v) is 18.9. The van der Waals surface area contributed by atoms with Gasteiger partial charge in [-0.05, 0) is 30.3 Å². The van der Waals surface area contributed by atoms with E-state index in [-0.39, 0.29) is 28.6 Å². The summed E-state index contributed by atoms with van der Waals surface area (Å²) in [6.45, 7) is 1.61. The second-order valence-corrected chi connectivity index (χ2v) is 9.57. The van der Waals surface area contributed by atoms with Gasteiger partial charge in [-0.15, -0.1) is 0 Å². The van der Waals surface area contributed by atoms with Crippen LogP contribution < -0.4 is 15.0 Å². The van der Waals surface area contributed by atoms with Crippen molar-refractivity contribution in [3.05, 3.63) is 63.2 Å². The largest absolute Gasteiger partial charge is 0.497 e. The number of nitro benzene ring substituents is 1. The molecule has 0 saturated carbocycles. The molecule has 0 bridgehead atoms. The first-order valence-electron chi connectivity index (χ1n) is 9.80. The summed E-state index contributed by atoms with van der Waals surface area (Å²) in [6, 6.07) is 11.1. The lowest BCUT2D eigenvalue weighted by Gasteiger charge is -2.35. The second-order valence-electron chi connectivity index (χ2n) is 7.08. The molecule has 0 atom stereocenters.